The van der Waals surface area contributed by atoms with Crippen LogP contribution in [0.5, 0.6) is 17.2 Å². The molecule has 5 amide bonds. The molecule has 4 aliphatic rings. The summed E-state index contributed by atoms with van der Waals surface area (Å²) in [6.07, 6.45) is -0.491. The molecule has 0 radical (unpaired) electrons. The van der Waals surface area contributed by atoms with Crippen LogP contribution in [0.1, 0.15) is 192 Å². The zero-order valence-corrected chi connectivity index (χ0v) is 88.7. The Hall–Kier alpha value is -9.60. The van der Waals surface area contributed by atoms with E-state index in [1.165, 1.54) is 123 Å². The fourth-order valence-corrected chi connectivity index (χ4v) is 18.8. The Labute approximate surface area is 862 Å². The number of rotatable bonds is 27. The Morgan fingerprint density at radius 1 is 0.479 bits per heavy atom. The van der Waals surface area contributed by atoms with Gasteiger partial charge >= 0.3 is 46.9 Å². The van der Waals surface area contributed by atoms with Gasteiger partial charge in [-0.3, -0.25) is 33.9 Å². The van der Waals surface area contributed by atoms with E-state index < -0.39 is 125 Å². The van der Waals surface area contributed by atoms with Crippen LogP contribution in [-0.4, -0.2) is 130 Å². The molecule has 2 aliphatic carbocycles. The number of hydrogen-bond donors (Lipinski definition) is 6. The number of alkyl halides is 10. The summed E-state index contributed by atoms with van der Waals surface area (Å²) < 4.78 is 182. The molecule has 6 N–H and O–H groups in total. The number of aliphatic hydroxyl groups is 1. The highest BCUT2D eigenvalue weighted by atomic mass is 35.5. The van der Waals surface area contributed by atoms with E-state index in [9.17, 15) is 73.2 Å². The third-order valence-electron chi connectivity index (χ3n) is 22.5. The lowest BCUT2D eigenvalue weighted by Crippen LogP contribution is -2.47. The minimum absolute atomic E-state index is 0. The van der Waals surface area contributed by atoms with Crippen molar-refractivity contribution >= 4 is 147 Å². The van der Waals surface area contributed by atoms with Gasteiger partial charge in [0.2, 0.25) is 11.8 Å². The third kappa shape index (κ3) is 39.9. The van der Waals surface area contributed by atoms with E-state index in [0.29, 0.717) is 90.1 Å². The average molecular weight is 2190 g/mol. The number of hydrogen-bond acceptors (Lipinski definition) is 18. The molecule has 144 heavy (non-hydrogen) atoms. The van der Waals surface area contributed by atoms with E-state index in [-0.39, 0.29) is 96.3 Å². The maximum atomic E-state index is 15.2. The second kappa shape index (κ2) is 58.2. The highest BCUT2D eigenvalue weighted by Crippen LogP contribution is 2.48. The lowest BCUT2D eigenvalue weighted by molar-refractivity contribution is -0.138. The molecule has 0 aromatic heterocycles. The molecular weight excluding hydrogens is 2060 g/mol. The number of nitrogens with zero attached hydrogens (tertiary/aromatic N) is 3. The van der Waals surface area contributed by atoms with Crippen molar-refractivity contribution in [2.24, 2.45) is 11.8 Å². The molecule has 6 atom stereocenters. The minimum Gasteiger partial charge on any atom is -0.449 e. The predicted octanol–water partition coefficient (Wildman–Crippen LogP) is 28.9. The molecule has 2 aliphatic heterocycles. The van der Waals surface area contributed by atoms with E-state index in [1.807, 2.05) is 24.3 Å². The van der Waals surface area contributed by atoms with Gasteiger partial charge in [0.05, 0.1) is 76.7 Å². The van der Waals surface area contributed by atoms with Crippen LogP contribution in [0.25, 0.3) is 0 Å². The topological polar surface area (TPSA) is 325 Å². The van der Waals surface area contributed by atoms with E-state index in [2.05, 4.69) is 51.4 Å². The number of ether oxygens (including phenoxy) is 2. The number of aliphatic hydroxyl groups excluding tert-OH is 1. The summed E-state index contributed by atoms with van der Waals surface area (Å²) in [5, 5.41) is 18.0. The Bertz CT molecular complexity index is 5750. The molecule has 2 saturated carbocycles. The average Bonchev–Trinajstić information content (AvgIpc) is 0.814. The number of carbonyl (C=O) groups is 6. The van der Waals surface area contributed by atoms with Gasteiger partial charge in [-0.2, -0.15) is 26.3 Å². The SMILES string of the molecule is C.CCOP(C)(=O)Oc1ccc(CO)cc1.CCOP(C)(=O)Oc1ccc(COC(=O)Cl)cc1.C[Si](C)(C)C.Cc1ccc(NC(=O)[C@H]2CCCN(C(=O)c3c(C)cccc3F)[C@H]2c2ccc(N(C(=O)OCc3ccc(OP(=O)(O)O)cc3)C3CCCC3)cc2)cc1C(F)(F)F.Cc1ccc(NC(=O)[C@H]2CCCN(C(=O)c3c(C)cccc3F)[C@H]2c2ccc(NC3CCCC3)cc2)cc1C(F)(F)F.ClCCl.ClCCl. The number of piperidine rings is 2. The first-order valence-corrected chi connectivity index (χ1v) is 57.9. The molecule has 9 aromatic rings. The summed E-state index contributed by atoms with van der Waals surface area (Å²) in [5.41, 5.74) is 2.84. The maximum absolute atomic E-state index is 15.2. The molecule has 2 heterocycles. The van der Waals surface area contributed by atoms with Gasteiger partial charge in [-0.1, -0.05) is 156 Å². The van der Waals surface area contributed by atoms with Gasteiger partial charge in [0.25, 0.3) is 11.8 Å². The van der Waals surface area contributed by atoms with Gasteiger partial charge in [-0.25, -0.2) is 32.1 Å². The van der Waals surface area contributed by atoms with Crippen LogP contribution >= 0.6 is 81.0 Å². The lowest BCUT2D eigenvalue weighted by atomic mass is 9.83. The molecule has 4 fully saturated rings. The number of amides is 5. The molecule has 42 heteroatoms. The van der Waals surface area contributed by atoms with Crippen LogP contribution in [0.15, 0.2) is 194 Å². The molecule has 788 valence electrons. The zero-order chi connectivity index (χ0) is 106. The van der Waals surface area contributed by atoms with Crippen LogP contribution in [-0.2, 0) is 74.0 Å². The van der Waals surface area contributed by atoms with Crippen molar-refractivity contribution in [1.82, 2.24) is 9.80 Å². The normalized spacial score (nSPS) is 16.6. The Morgan fingerprint density at radius 3 is 1.19 bits per heavy atom. The number of nitrogens with one attached hydrogen (secondary N) is 3. The molecule has 2 unspecified atom stereocenters. The van der Waals surface area contributed by atoms with Gasteiger partial charge in [0, 0.05) is 80.9 Å². The van der Waals surface area contributed by atoms with Crippen molar-refractivity contribution in [1.29, 1.82) is 0 Å². The number of phosphoric acid groups is 1. The molecular formula is C102H126Cl5F8N6O19P3Si. The van der Waals surface area contributed by atoms with Gasteiger partial charge < -0.3 is 62.9 Å². The largest absolute Gasteiger partial charge is 0.524 e. The Morgan fingerprint density at radius 2 is 0.833 bits per heavy atom. The number of benzene rings is 9. The molecule has 25 nitrogen and oxygen atoms in total. The Kier molecular flexibility index (Phi) is 49.8. The van der Waals surface area contributed by atoms with Crippen LogP contribution in [0.4, 0.5) is 67.5 Å². The number of halogens is 13. The molecule has 13 rings (SSSR count). The first-order chi connectivity index (χ1) is 67.3. The van der Waals surface area contributed by atoms with Crippen molar-refractivity contribution < 1.29 is 125 Å². The summed E-state index contributed by atoms with van der Waals surface area (Å²) in [6, 6.07) is 47.8. The minimum atomic E-state index is -4.74. The third-order valence-corrected chi connectivity index (χ3v) is 25.6. The summed E-state index contributed by atoms with van der Waals surface area (Å²) in [6.45, 7) is 22.7. The summed E-state index contributed by atoms with van der Waals surface area (Å²) >= 11 is 24.1. The van der Waals surface area contributed by atoms with Gasteiger partial charge in [0.1, 0.15) is 42.1 Å². The highest BCUT2D eigenvalue weighted by molar-refractivity contribution is 7.53. The lowest BCUT2D eigenvalue weighted by Gasteiger charge is -2.41. The summed E-state index contributed by atoms with van der Waals surface area (Å²) in [4.78, 5) is 102. The monoisotopic (exact) mass is 2190 g/mol. The summed E-state index contributed by atoms with van der Waals surface area (Å²) in [5.74, 6) is -4.48. The number of carbonyl (C=O) groups excluding carboxylic acids is 6. The second-order valence-corrected chi connectivity index (χ2v) is 48.5. The van der Waals surface area contributed by atoms with Crippen molar-refractivity contribution in [2.45, 2.75) is 209 Å². The van der Waals surface area contributed by atoms with E-state index in [1.54, 1.807) is 118 Å². The highest BCUT2D eigenvalue weighted by Gasteiger charge is 2.45. The van der Waals surface area contributed by atoms with E-state index in [0.717, 1.165) is 67.5 Å². The van der Waals surface area contributed by atoms with Crippen molar-refractivity contribution in [3.63, 3.8) is 0 Å². The molecule has 2 saturated heterocycles. The summed E-state index contributed by atoms with van der Waals surface area (Å²) in [7, 11) is -11.4. The number of anilines is 4. The number of phosphoric ester groups is 1. The van der Waals surface area contributed by atoms with Gasteiger partial charge in [0.15, 0.2) is 0 Å². The van der Waals surface area contributed by atoms with Gasteiger partial charge in [-0.05, 0) is 240 Å². The maximum Gasteiger partial charge on any atom is 0.524 e. The first kappa shape index (κ1) is 123. The van der Waals surface area contributed by atoms with Crippen LogP contribution in [0, 0.1) is 51.2 Å². The zero-order valence-electron chi connectivity index (χ0n) is 81.3. The van der Waals surface area contributed by atoms with Gasteiger partial charge in [-0.15, -0.1) is 46.4 Å². The standard InChI is InChI=1S/C41H42F4N3O8P.C33H35F4N3O2.C11H14ClO5P.C10H15O4P.C4H12Si.2CH2Cl2.CH4/c1-25-12-17-29(23-34(25)41(43,44)45)46-38(49)33-10-6-22-47(39(50)36-26(2)7-5-11-35(36)42)37(33)28-15-18-31(19-16-28)48(30-8-3-4-9-30)40(51)55-24-27-13-20-32(21-14-27)56-57(52,53)54;1-20-12-15-25(19-27(20)33(35,36)37)39-31(41)26-10-6-18-40(32(42)29-21(2)7-5-11-28(29)34)30(26)22-13-16-24(17-14-22)38-23-8-3-4-9-23;1-3-16-18(2,14)17-10-6-4-9(5-7-10)8-15-11(12)13;1-3-13-15(2,12)14-10-6-4-9(8-11)5-7-10;1-5(2,3)4;2*2-1-3;/h5,7,11-21,23,30,33,37H,3-4,6,8-10,22,24H2,1-2H3,(H,46,49)(H2,52,53,54);5,7,11-17,19,23,26,30,38H,3-4,6,8-10,18H2,1-2H3,(H,39,41);4-7H,3,8H2,1-2H3;4-7,11H,3,8H2,1-2H3;1-4H3;2*1H2;1H4/t33-,37-;26-,30-;;;;;;/m00....../s1. The number of aryl methyl sites for hydroxylation is 4. The van der Waals surface area contributed by atoms with Crippen molar-refractivity contribution in [3.05, 3.63) is 278 Å². The molecule has 9 aromatic carbocycles. The first-order valence-electron chi connectivity index (χ1n) is 45.9. The van der Waals surface area contributed by atoms with Crippen molar-refractivity contribution in [2.75, 3.05) is 71.2 Å². The predicted molar refractivity (Wildman–Crippen MR) is 553 cm³/mol. The molecule has 0 spiro atoms. The van der Waals surface area contributed by atoms with Crippen LogP contribution in [0.2, 0.25) is 26.2 Å². The smallest absolute Gasteiger partial charge is 0.449 e. The molecule has 0 bridgehead atoms. The van der Waals surface area contributed by atoms with Crippen LogP contribution < -0.4 is 34.4 Å². The van der Waals surface area contributed by atoms with E-state index >= 15 is 4.39 Å². The number of likely N-dealkylation sites (tertiary alicyclic amines) is 2. The second-order valence-electron chi connectivity index (χ2n) is 35.4. The fraction of sp³-hybridized carbons (Fsp3) is 0.412. The van der Waals surface area contributed by atoms with Crippen LogP contribution in [0.3, 0.4) is 0 Å². The van der Waals surface area contributed by atoms with Crippen molar-refractivity contribution in [3.8, 4) is 17.2 Å². The quantitative estimate of drug-likeness (QED) is 0.00916. The fourth-order valence-electron chi connectivity index (χ4n) is 16.3. The van der Waals surface area contributed by atoms with E-state index in [4.69, 9.17) is 95.7 Å². The Balaban J connectivity index is 0.000000315.